The lowest BCUT2D eigenvalue weighted by Gasteiger charge is -2.07. The first-order chi connectivity index (χ1) is 8.52. The molecular weight excluding hydrogens is 372 g/mol. The van der Waals surface area contributed by atoms with Crippen LogP contribution in [-0.2, 0) is 6.42 Å². The van der Waals surface area contributed by atoms with Crippen LogP contribution in [0.15, 0.2) is 18.2 Å². The van der Waals surface area contributed by atoms with E-state index in [-0.39, 0.29) is 0 Å². The number of aromatic nitrogens is 2. The maximum atomic E-state index is 13.2. The molecule has 0 N–H and O–H groups in total. The van der Waals surface area contributed by atoms with Gasteiger partial charge in [-0.1, -0.05) is 18.5 Å². The van der Waals surface area contributed by atoms with E-state index in [2.05, 4.69) is 32.6 Å². The second kappa shape index (κ2) is 5.44. The van der Waals surface area contributed by atoms with Crippen molar-refractivity contribution in [2.75, 3.05) is 0 Å². The van der Waals surface area contributed by atoms with E-state index in [1.165, 1.54) is 6.07 Å². The van der Waals surface area contributed by atoms with Gasteiger partial charge >= 0.3 is 0 Å². The van der Waals surface area contributed by atoms with Crippen molar-refractivity contribution in [2.45, 2.75) is 13.3 Å². The monoisotopic (exact) mass is 380 g/mol. The van der Waals surface area contributed by atoms with E-state index in [4.69, 9.17) is 11.6 Å². The van der Waals surface area contributed by atoms with Gasteiger partial charge in [-0.2, -0.15) is 0 Å². The Labute approximate surface area is 122 Å². The summed E-state index contributed by atoms with van der Waals surface area (Å²) in [5.41, 5.74) is 1.19. The highest BCUT2D eigenvalue weighted by molar-refractivity contribution is 14.1. The highest BCUT2D eigenvalue weighted by Gasteiger charge is 2.12. The van der Waals surface area contributed by atoms with Crippen LogP contribution in [0, 0.1) is 15.2 Å². The van der Waals surface area contributed by atoms with Crippen molar-refractivity contribution < 1.29 is 8.78 Å². The number of aryl methyl sites for hydroxylation is 1. The van der Waals surface area contributed by atoms with Gasteiger partial charge < -0.3 is 0 Å². The van der Waals surface area contributed by atoms with Crippen LogP contribution in [0.25, 0.3) is 11.4 Å². The molecule has 0 radical (unpaired) electrons. The lowest BCUT2D eigenvalue weighted by atomic mass is 10.2. The minimum Gasteiger partial charge on any atom is -0.232 e. The van der Waals surface area contributed by atoms with Gasteiger partial charge in [-0.15, -0.1) is 0 Å². The van der Waals surface area contributed by atoms with Crippen molar-refractivity contribution in [1.82, 2.24) is 9.97 Å². The summed E-state index contributed by atoms with van der Waals surface area (Å²) in [4.78, 5) is 8.38. The summed E-state index contributed by atoms with van der Waals surface area (Å²) < 4.78 is 26.8. The number of hydrogen-bond donors (Lipinski definition) is 0. The second-order valence-electron chi connectivity index (χ2n) is 3.58. The quantitative estimate of drug-likeness (QED) is 0.575. The van der Waals surface area contributed by atoms with E-state index in [0.29, 0.717) is 23.0 Å². The summed E-state index contributed by atoms with van der Waals surface area (Å²) in [5, 5.41) is 0.321. The Morgan fingerprint density at radius 3 is 2.56 bits per heavy atom. The molecule has 0 fully saturated rings. The SMILES string of the molecule is CCc1nc(-c2ccc(F)c(F)c2)nc(Cl)c1I. The van der Waals surface area contributed by atoms with E-state index >= 15 is 0 Å². The average molecular weight is 381 g/mol. The molecule has 6 heteroatoms. The summed E-state index contributed by atoms with van der Waals surface area (Å²) in [6, 6.07) is 3.54. The molecule has 0 saturated carbocycles. The topological polar surface area (TPSA) is 25.8 Å². The molecule has 0 saturated heterocycles. The molecular formula is C12H8ClF2IN2. The molecule has 0 aliphatic heterocycles. The maximum Gasteiger partial charge on any atom is 0.161 e. The average Bonchev–Trinajstić information content (AvgIpc) is 2.36. The van der Waals surface area contributed by atoms with Crippen molar-refractivity contribution in [1.29, 1.82) is 0 Å². The minimum absolute atomic E-state index is 0.302. The molecule has 0 spiro atoms. The normalized spacial score (nSPS) is 10.7. The zero-order valence-corrected chi connectivity index (χ0v) is 12.3. The Balaban J connectivity index is 2.57. The first-order valence-corrected chi connectivity index (χ1v) is 6.66. The molecule has 0 bridgehead atoms. The van der Waals surface area contributed by atoms with Crippen LogP contribution in [0.4, 0.5) is 8.78 Å². The zero-order valence-electron chi connectivity index (χ0n) is 9.35. The van der Waals surface area contributed by atoms with Crippen LogP contribution in [-0.4, -0.2) is 9.97 Å². The molecule has 0 aliphatic carbocycles. The minimum atomic E-state index is -0.927. The number of halogens is 4. The summed E-state index contributed by atoms with van der Waals surface area (Å²) >= 11 is 8.05. The molecule has 1 heterocycles. The summed E-state index contributed by atoms with van der Waals surface area (Å²) in [6.07, 6.45) is 0.692. The van der Waals surface area contributed by atoms with Crippen LogP contribution in [0.2, 0.25) is 5.15 Å². The van der Waals surface area contributed by atoms with Crippen molar-refractivity contribution >= 4 is 34.2 Å². The van der Waals surface area contributed by atoms with Gasteiger partial charge in [0, 0.05) is 5.56 Å². The van der Waals surface area contributed by atoms with Crippen LogP contribution in [0.3, 0.4) is 0 Å². The standard InChI is InChI=1S/C12H8ClF2IN2/c1-2-9-10(16)11(13)18-12(17-9)6-3-4-7(14)8(15)5-6/h3-5H,2H2,1H3. The first kappa shape index (κ1) is 13.6. The molecule has 0 atom stereocenters. The number of hydrogen-bond acceptors (Lipinski definition) is 2. The van der Waals surface area contributed by atoms with Crippen molar-refractivity contribution in [3.05, 3.63) is 44.3 Å². The van der Waals surface area contributed by atoms with E-state index < -0.39 is 11.6 Å². The van der Waals surface area contributed by atoms with Gasteiger partial charge in [0.2, 0.25) is 0 Å². The van der Waals surface area contributed by atoms with Gasteiger partial charge in [0.25, 0.3) is 0 Å². The van der Waals surface area contributed by atoms with Crippen LogP contribution in [0.5, 0.6) is 0 Å². The fourth-order valence-corrected chi connectivity index (χ4v) is 2.27. The molecule has 94 valence electrons. The molecule has 1 aromatic carbocycles. The van der Waals surface area contributed by atoms with Gasteiger partial charge in [0.1, 0.15) is 5.15 Å². The predicted octanol–water partition coefficient (Wildman–Crippen LogP) is 4.24. The van der Waals surface area contributed by atoms with Crippen LogP contribution in [0.1, 0.15) is 12.6 Å². The van der Waals surface area contributed by atoms with Gasteiger partial charge in [-0.05, 0) is 47.2 Å². The first-order valence-electron chi connectivity index (χ1n) is 5.20. The fourth-order valence-electron chi connectivity index (χ4n) is 1.46. The van der Waals surface area contributed by atoms with Gasteiger partial charge in [-0.25, -0.2) is 18.7 Å². The molecule has 0 aliphatic rings. The highest BCUT2D eigenvalue weighted by atomic mass is 127. The Morgan fingerprint density at radius 1 is 1.22 bits per heavy atom. The van der Waals surface area contributed by atoms with Gasteiger partial charge in [0.15, 0.2) is 17.5 Å². The van der Waals surface area contributed by atoms with Crippen molar-refractivity contribution in [3.8, 4) is 11.4 Å². The smallest absolute Gasteiger partial charge is 0.161 e. The largest absolute Gasteiger partial charge is 0.232 e. The number of nitrogens with zero attached hydrogens (tertiary/aromatic N) is 2. The van der Waals surface area contributed by atoms with E-state index in [1.807, 2.05) is 6.92 Å². The molecule has 2 nitrogen and oxygen atoms in total. The van der Waals surface area contributed by atoms with Crippen LogP contribution >= 0.6 is 34.2 Å². The predicted molar refractivity (Wildman–Crippen MR) is 74.5 cm³/mol. The van der Waals surface area contributed by atoms with Crippen molar-refractivity contribution in [3.63, 3.8) is 0 Å². The molecule has 1 aromatic heterocycles. The Hall–Kier alpha value is -0.820. The summed E-state index contributed by atoms with van der Waals surface area (Å²) in [7, 11) is 0. The van der Waals surface area contributed by atoms with Gasteiger partial charge in [0.05, 0.1) is 9.26 Å². The molecule has 2 aromatic rings. The molecule has 0 unspecified atom stereocenters. The molecule has 2 rings (SSSR count). The maximum absolute atomic E-state index is 13.2. The van der Waals surface area contributed by atoms with Crippen LogP contribution < -0.4 is 0 Å². The summed E-state index contributed by atoms with van der Waals surface area (Å²) in [6.45, 7) is 1.94. The second-order valence-corrected chi connectivity index (χ2v) is 5.02. The highest BCUT2D eigenvalue weighted by Crippen LogP contribution is 2.25. The number of rotatable bonds is 2. The summed E-state index contributed by atoms with van der Waals surface area (Å²) in [5.74, 6) is -1.52. The van der Waals surface area contributed by atoms with E-state index in [9.17, 15) is 8.78 Å². The van der Waals surface area contributed by atoms with Gasteiger partial charge in [-0.3, -0.25) is 0 Å². The Morgan fingerprint density at radius 2 is 1.94 bits per heavy atom. The lowest BCUT2D eigenvalue weighted by molar-refractivity contribution is 0.509. The zero-order chi connectivity index (χ0) is 13.3. The lowest BCUT2D eigenvalue weighted by Crippen LogP contribution is -2.00. The molecule has 0 amide bonds. The van der Waals surface area contributed by atoms with E-state index in [0.717, 1.165) is 21.4 Å². The number of benzene rings is 1. The Kier molecular flexibility index (Phi) is 4.11. The Bertz CT molecular complexity index is 605. The molecule has 18 heavy (non-hydrogen) atoms. The van der Waals surface area contributed by atoms with Crippen molar-refractivity contribution in [2.24, 2.45) is 0 Å². The third kappa shape index (κ3) is 2.61. The fraction of sp³-hybridized carbons (Fsp3) is 0.167. The van der Waals surface area contributed by atoms with E-state index in [1.54, 1.807) is 0 Å². The third-order valence-corrected chi connectivity index (χ3v) is 4.12. The third-order valence-electron chi connectivity index (χ3n) is 2.39.